The third kappa shape index (κ3) is 1.46. The van der Waals surface area contributed by atoms with Gasteiger partial charge in [-0.15, -0.1) is 0 Å². The van der Waals surface area contributed by atoms with Crippen LogP contribution in [0.2, 0.25) is 5.02 Å². The Morgan fingerprint density at radius 2 is 2.21 bits per heavy atom. The molecule has 3 nitrogen and oxygen atoms in total. The monoisotopic (exact) mass is 208 g/mol. The Kier molecular flexibility index (Phi) is 2.17. The summed E-state index contributed by atoms with van der Waals surface area (Å²) in [5, 5.41) is 4.19. The van der Waals surface area contributed by atoms with Crippen molar-refractivity contribution >= 4 is 28.4 Å². The number of aromatic nitrogens is 1. The molecule has 0 spiro atoms. The van der Waals surface area contributed by atoms with Crippen LogP contribution < -0.4 is 5.32 Å². The normalized spacial score (nSPS) is 10.4. The lowest BCUT2D eigenvalue weighted by molar-refractivity contribution is 0.0959. The maximum Gasteiger partial charge on any atom is 0.267 e. The number of nitrogens with one attached hydrogen (secondary N) is 2. The Labute approximate surface area is 86.1 Å². The largest absolute Gasteiger partial charge is 0.354 e. The maximum atomic E-state index is 11.3. The lowest BCUT2D eigenvalue weighted by Crippen LogP contribution is -2.17. The fourth-order valence-corrected chi connectivity index (χ4v) is 1.53. The van der Waals surface area contributed by atoms with Gasteiger partial charge in [0, 0.05) is 23.0 Å². The average molecular weight is 209 g/mol. The van der Waals surface area contributed by atoms with Crippen LogP contribution in [-0.2, 0) is 0 Å². The highest BCUT2D eigenvalue weighted by Gasteiger charge is 2.06. The highest BCUT2D eigenvalue weighted by atomic mass is 35.5. The fourth-order valence-electron chi connectivity index (χ4n) is 1.36. The molecule has 1 heterocycles. The number of halogens is 1. The van der Waals surface area contributed by atoms with Gasteiger partial charge in [0.2, 0.25) is 0 Å². The maximum absolute atomic E-state index is 11.3. The van der Waals surface area contributed by atoms with E-state index in [0.717, 1.165) is 10.9 Å². The molecule has 0 bridgehead atoms. The summed E-state index contributed by atoms with van der Waals surface area (Å²) in [6, 6.07) is 7.26. The summed E-state index contributed by atoms with van der Waals surface area (Å²) in [6.45, 7) is 0. The first-order valence-corrected chi connectivity index (χ1v) is 4.59. The van der Waals surface area contributed by atoms with Crippen LogP contribution in [0.3, 0.4) is 0 Å². The molecule has 0 saturated heterocycles. The fraction of sp³-hybridized carbons (Fsp3) is 0.100. The zero-order chi connectivity index (χ0) is 10.1. The Balaban J connectivity index is 2.56. The second kappa shape index (κ2) is 3.35. The second-order valence-corrected chi connectivity index (χ2v) is 3.43. The Morgan fingerprint density at radius 3 is 2.93 bits per heavy atom. The van der Waals surface area contributed by atoms with E-state index in [4.69, 9.17) is 11.6 Å². The molecular weight excluding hydrogens is 200 g/mol. The van der Waals surface area contributed by atoms with Gasteiger partial charge < -0.3 is 10.3 Å². The minimum Gasteiger partial charge on any atom is -0.354 e. The number of hydrogen-bond donors (Lipinski definition) is 2. The van der Waals surface area contributed by atoms with Gasteiger partial charge in [-0.1, -0.05) is 17.7 Å². The summed E-state index contributed by atoms with van der Waals surface area (Å²) in [5.41, 5.74) is 1.42. The molecule has 2 aromatic rings. The van der Waals surface area contributed by atoms with E-state index in [2.05, 4.69) is 10.3 Å². The SMILES string of the molecule is CNC(=O)c1cc2ccc(Cl)cc2[nH]1. The molecule has 1 amide bonds. The molecule has 0 saturated carbocycles. The minimum absolute atomic E-state index is 0.127. The molecule has 2 rings (SSSR count). The van der Waals surface area contributed by atoms with Gasteiger partial charge in [0.05, 0.1) is 0 Å². The number of H-pyrrole nitrogens is 1. The van der Waals surface area contributed by atoms with Gasteiger partial charge in [0.25, 0.3) is 5.91 Å². The molecule has 72 valence electrons. The summed E-state index contributed by atoms with van der Waals surface area (Å²) < 4.78 is 0. The molecule has 0 aliphatic heterocycles. The zero-order valence-corrected chi connectivity index (χ0v) is 8.35. The van der Waals surface area contributed by atoms with Crippen molar-refractivity contribution in [3.63, 3.8) is 0 Å². The number of fused-ring (bicyclic) bond motifs is 1. The number of carbonyl (C=O) groups is 1. The number of carbonyl (C=O) groups excluding carboxylic acids is 1. The van der Waals surface area contributed by atoms with Gasteiger partial charge in [-0.05, 0) is 18.2 Å². The first kappa shape index (κ1) is 9.09. The summed E-state index contributed by atoms with van der Waals surface area (Å²) in [7, 11) is 1.60. The Hall–Kier alpha value is -1.48. The molecule has 1 aromatic carbocycles. The van der Waals surface area contributed by atoms with Crippen LogP contribution in [-0.4, -0.2) is 17.9 Å². The molecule has 2 N–H and O–H groups in total. The standard InChI is InChI=1S/C10H9ClN2O/c1-12-10(14)9-4-6-2-3-7(11)5-8(6)13-9/h2-5,13H,1H3,(H,12,14). The van der Waals surface area contributed by atoms with Crippen molar-refractivity contribution in [1.29, 1.82) is 0 Å². The first-order valence-electron chi connectivity index (χ1n) is 4.21. The molecule has 14 heavy (non-hydrogen) atoms. The van der Waals surface area contributed by atoms with Crippen LogP contribution in [0.1, 0.15) is 10.5 Å². The van der Waals surface area contributed by atoms with Crippen molar-refractivity contribution in [3.05, 3.63) is 35.0 Å². The number of hydrogen-bond acceptors (Lipinski definition) is 1. The van der Waals surface area contributed by atoms with E-state index in [1.807, 2.05) is 6.07 Å². The quantitative estimate of drug-likeness (QED) is 0.742. The molecule has 1 aromatic heterocycles. The summed E-state index contributed by atoms with van der Waals surface area (Å²) >= 11 is 5.82. The van der Waals surface area contributed by atoms with Crippen LogP contribution in [0.15, 0.2) is 24.3 Å². The van der Waals surface area contributed by atoms with E-state index >= 15 is 0 Å². The molecule has 0 atom stereocenters. The minimum atomic E-state index is -0.127. The van der Waals surface area contributed by atoms with E-state index in [1.165, 1.54) is 0 Å². The lowest BCUT2D eigenvalue weighted by atomic mass is 10.2. The number of benzene rings is 1. The van der Waals surface area contributed by atoms with Crippen LogP contribution in [0.5, 0.6) is 0 Å². The first-order chi connectivity index (χ1) is 6.70. The van der Waals surface area contributed by atoms with E-state index in [-0.39, 0.29) is 5.91 Å². The van der Waals surface area contributed by atoms with Gasteiger partial charge in [-0.2, -0.15) is 0 Å². The van der Waals surface area contributed by atoms with Crippen molar-refractivity contribution in [2.24, 2.45) is 0 Å². The molecule has 0 aliphatic rings. The third-order valence-corrected chi connectivity index (χ3v) is 2.29. The molecule has 0 unspecified atom stereocenters. The molecule has 4 heteroatoms. The third-order valence-electron chi connectivity index (χ3n) is 2.06. The summed E-state index contributed by atoms with van der Waals surface area (Å²) in [6.07, 6.45) is 0. The van der Waals surface area contributed by atoms with Gasteiger partial charge in [-0.3, -0.25) is 4.79 Å². The smallest absolute Gasteiger partial charge is 0.267 e. The average Bonchev–Trinajstić information content (AvgIpc) is 2.59. The molecular formula is C10H9ClN2O. The van der Waals surface area contributed by atoms with Gasteiger partial charge in [-0.25, -0.2) is 0 Å². The van der Waals surface area contributed by atoms with Crippen LogP contribution in [0.4, 0.5) is 0 Å². The summed E-state index contributed by atoms with van der Waals surface area (Å²) in [4.78, 5) is 14.3. The second-order valence-electron chi connectivity index (χ2n) is 2.99. The van der Waals surface area contributed by atoms with Crippen LogP contribution >= 0.6 is 11.6 Å². The predicted octanol–water partition coefficient (Wildman–Crippen LogP) is 2.18. The van der Waals surface area contributed by atoms with Crippen molar-refractivity contribution in [2.75, 3.05) is 7.05 Å². The van der Waals surface area contributed by atoms with E-state index in [9.17, 15) is 4.79 Å². The van der Waals surface area contributed by atoms with E-state index in [0.29, 0.717) is 10.7 Å². The van der Waals surface area contributed by atoms with Crippen molar-refractivity contribution in [1.82, 2.24) is 10.3 Å². The highest BCUT2D eigenvalue weighted by molar-refractivity contribution is 6.31. The van der Waals surface area contributed by atoms with Gasteiger partial charge >= 0.3 is 0 Å². The lowest BCUT2D eigenvalue weighted by Gasteiger charge is -1.92. The van der Waals surface area contributed by atoms with Crippen molar-refractivity contribution < 1.29 is 4.79 Å². The Bertz CT molecular complexity index is 490. The number of amides is 1. The molecule has 0 aliphatic carbocycles. The van der Waals surface area contributed by atoms with Crippen LogP contribution in [0, 0.1) is 0 Å². The van der Waals surface area contributed by atoms with Crippen LogP contribution in [0.25, 0.3) is 10.9 Å². The van der Waals surface area contributed by atoms with Gasteiger partial charge in [0.1, 0.15) is 5.69 Å². The Morgan fingerprint density at radius 1 is 1.43 bits per heavy atom. The molecule has 0 fully saturated rings. The topological polar surface area (TPSA) is 44.9 Å². The summed E-state index contributed by atoms with van der Waals surface area (Å²) in [5.74, 6) is -0.127. The van der Waals surface area contributed by atoms with Gasteiger partial charge in [0.15, 0.2) is 0 Å². The van der Waals surface area contributed by atoms with Crippen molar-refractivity contribution in [3.8, 4) is 0 Å². The van der Waals surface area contributed by atoms with E-state index in [1.54, 1.807) is 25.2 Å². The number of aromatic amines is 1. The number of rotatable bonds is 1. The zero-order valence-electron chi connectivity index (χ0n) is 7.60. The van der Waals surface area contributed by atoms with E-state index < -0.39 is 0 Å². The van der Waals surface area contributed by atoms with Crippen molar-refractivity contribution in [2.45, 2.75) is 0 Å². The predicted molar refractivity (Wildman–Crippen MR) is 56.7 cm³/mol. The molecule has 0 radical (unpaired) electrons. The highest BCUT2D eigenvalue weighted by Crippen LogP contribution is 2.19.